The van der Waals surface area contributed by atoms with Crippen LogP contribution in [-0.2, 0) is 9.84 Å². The van der Waals surface area contributed by atoms with Crippen LogP contribution in [0.2, 0.25) is 0 Å². The van der Waals surface area contributed by atoms with Crippen LogP contribution in [0.25, 0.3) is 0 Å². The van der Waals surface area contributed by atoms with Crippen LogP contribution >= 0.6 is 0 Å². The fourth-order valence-corrected chi connectivity index (χ4v) is 5.50. The summed E-state index contributed by atoms with van der Waals surface area (Å²) in [6.45, 7) is 3.77. The summed E-state index contributed by atoms with van der Waals surface area (Å²) in [5.74, 6) is 0.773. The highest BCUT2D eigenvalue weighted by Gasteiger charge is 2.52. The van der Waals surface area contributed by atoms with Crippen LogP contribution in [-0.4, -0.2) is 40.1 Å². The Morgan fingerprint density at radius 1 is 1.20 bits per heavy atom. The zero-order valence-electron chi connectivity index (χ0n) is 11.9. The number of sulfone groups is 1. The van der Waals surface area contributed by atoms with Crippen LogP contribution in [0.15, 0.2) is 0 Å². The van der Waals surface area contributed by atoms with Gasteiger partial charge in [0.15, 0.2) is 9.84 Å². The van der Waals surface area contributed by atoms with E-state index in [0.717, 1.165) is 30.7 Å². The summed E-state index contributed by atoms with van der Waals surface area (Å²) in [5.41, 5.74) is 1.67. The molecule has 0 bridgehead atoms. The van der Waals surface area contributed by atoms with Gasteiger partial charge in [0, 0.05) is 6.04 Å². The third kappa shape index (κ3) is 2.17. The van der Waals surface area contributed by atoms with Crippen molar-refractivity contribution >= 4 is 15.8 Å². The first kappa shape index (κ1) is 13.7. The van der Waals surface area contributed by atoms with Crippen molar-refractivity contribution in [2.75, 3.05) is 11.1 Å². The molecule has 1 saturated heterocycles. The maximum absolute atomic E-state index is 12.2. The lowest BCUT2D eigenvalue weighted by Crippen LogP contribution is -2.53. The molecule has 1 atom stereocenters. The molecular formula is C13H20N4O2S. The van der Waals surface area contributed by atoms with Gasteiger partial charge in [0.1, 0.15) is 0 Å². The second kappa shape index (κ2) is 4.65. The molecule has 1 saturated carbocycles. The lowest BCUT2D eigenvalue weighted by Gasteiger charge is -2.46. The van der Waals surface area contributed by atoms with E-state index in [4.69, 9.17) is 0 Å². The van der Waals surface area contributed by atoms with Gasteiger partial charge in [-0.2, -0.15) is 5.10 Å². The molecule has 1 aliphatic carbocycles. The minimum Gasteiger partial charge on any atom is -0.350 e. The van der Waals surface area contributed by atoms with Gasteiger partial charge in [0.05, 0.1) is 21.9 Å². The molecule has 1 aliphatic heterocycles. The van der Waals surface area contributed by atoms with E-state index in [1.54, 1.807) is 0 Å². The summed E-state index contributed by atoms with van der Waals surface area (Å²) in [7, 11) is -2.92. The summed E-state index contributed by atoms with van der Waals surface area (Å²) in [5, 5.41) is 11.4. The summed E-state index contributed by atoms with van der Waals surface area (Å²) < 4.78 is 23.9. The Hall–Kier alpha value is -1.24. The van der Waals surface area contributed by atoms with Crippen LogP contribution in [0.5, 0.6) is 0 Å². The van der Waals surface area contributed by atoms with Gasteiger partial charge < -0.3 is 5.32 Å². The van der Waals surface area contributed by atoms with E-state index in [1.165, 1.54) is 0 Å². The molecule has 1 N–H and O–H groups in total. The Morgan fingerprint density at radius 3 is 2.55 bits per heavy atom. The van der Waals surface area contributed by atoms with Crippen molar-refractivity contribution in [2.45, 2.75) is 56.7 Å². The number of anilines is 1. The van der Waals surface area contributed by atoms with E-state index in [1.807, 2.05) is 13.8 Å². The average Bonchev–Trinajstić information content (AvgIpc) is 2.34. The van der Waals surface area contributed by atoms with Crippen molar-refractivity contribution in [2.24, 2.45) is 0 Å². The average molecular weight is 296 g/mol. The number of hydrogen-bond acceptors (Lipinski definition) is 6. The highest BCUT2D eigenvalue weighted by atomic mass is 32.2. The monoisotopic (exact) mass is 296 g/mol. The van der Waals surface area contributed by atoms with E-state index >= 15 is 0 Å². The summed E-state index contributed by atoms with van der Waals surface area (Å²) in [4.78, 5) is 4.36. The lowest BCUT2D eigenvalue weighted by molar-refractivity contribution is 0.289. The molecule has 2 heterocycles. The van der Waals surface area contributed by atoms with Gasteiger partial charge in [0.2, 0.25) is 5.95 Å². The number of nitrogens with one attached hydrogen (secondary N) is 1. The largest absolute Gasteiger partial charge is 0.350 e. The fraction of sp³-hybridized carbons (Fsp3) is 0.769. The third-order valence-corrected chi connectivity index (χ3v) is 7.37. The van der Waals surface area contributed by atoms with Crippen molar-refractivity contribution in [3.8, 4) is 0 Å². The van der Waals surface area contributed by atoms with Gasteiger partial charge in [-0.05, 0) is 39.5 Å². The van der Waals surface area contributed by atoms with Crippen molar-refractivity contribution in [3.05, 3.63) is 11.4 Å². The van der Waals surface area contributed by atoms with Crippen LogP contribution < -0.4 is 5.32 Å². The zero-order chi connectivity index (χ0) is 14.4. The highest BCUT2D eigenvalue weighted by Crippen LogP contribution is 2.46. The number of rotatable bonds is 2. The smallest absolute Gasteiger partial charge is 0.243 e. The number of nitrogens with zero attached hydrogens (tertiary/aromatic N) is 3. The molecule has 0 radical (unpaired) electrons. The van der Waals surface area contributed by atoms with Gasteiger partial charge in [-0.3, -0.25) is 0 Å². The van der Waals surface area contributed by atoms with E-state index in [9.17, 15) is 8.42 Å². The molecule has 3 rings (SSSR count). The number of aromatic nitrogens is 3. The van der Waals surface area contributed by atoms with Gasteiger partial charge in [-0.15, -0.1) is 5.10 Å². The van der Waals surface area contributed by atoms with Crippen molar-refractivity contribution in [3.63, 3.8) is 0 Å². The third-order valence-electron chi connectivity index (χ3n) is 4.70. The normalized spacial score (nSPS) is 27.0. The Labute approximate surface area is 119 Å². The van der Waals surface area contributed by atoms with Crippen LogP contribution in [0.3, 0.4) is 0 Å². The SMILES string of the molecule is Cc1nnc(NC2CCS(=O)(=O)C3(CCC3)C2)nc1C. The van der Waals surface area contributed by atoms with Gasteiger partial charge in [0.25, 0.3) is 0 Å². The quantitative estimate of drug-likeness (QED) is 0.888. The molecule has 110 valence electrons. The van der Waals surface area contributed by atoms with Crippen LogP contribution in [0.4, 0.5) is 5.95 Å². The Bertz CT molecular complexity index is 625. The molecular weight excluding hydrogens is 276 g/mol. The maximum atomic E-state index is 12.2. The predicted molar refractivity (Wildman–Crippen MR) is 76.3 cm³/mol. The molecule has 20 heavy (non-hydrogen) atoms. The first-order chi connectivity index (χ1) is 9.42. The summed E-state index contributed by atoms with van der Waals surface area (Å²) in [6, 6.07) is 0.128. The molecule has 1 spiro atoms. The van der Waals surface area contributed by atoms with E-state index in [0.29, 0.717) is 18.8 Å². The second-order valence-corrected chi connectivity index (χ2v) is 8.50. The molecule has 0 aromatic carbocycles. The van der Waals surface area contributed by atoms with E-state index < -0.39 is 14.6 Å². The first-order valence-corrected chi connectivity index (χ1v) is 8.74. The summed E-state index contributed by atoms with van der Waals surface area (Å²) in [6.07, 6.45) is 3.93. The van der Waals surface area contributed by atoms with E-state index in [-0.39, 0.29) is 11.8 Å². The van der Waals surface area contributed by atoms with Gasteiger partial charge >= 0.3 is 0 Å². The number of aryl methyl sites for hydroxylation is 2. The van der Waals surface area contributed by atoms with Crippen LogP contribution in [0.1, 0.15) is 43.5 Å². The molecule has 1 aromatic rings. The Morgan fingerprint density at radius 2 is 1.95 bits per heavy atom. The molecule has 0 amide bonds. The molecule has 2 fully saturated rings. The molecule has 2 aliphatic rings. The topological polar surface area (TPSA) is 84.8 Å². The molecule has 7 heteroatoms. The predicted octanol–water partition coefficient (Wildman–Crippen LogP) is 1.40. The minimum atomic E-state index is -2.92. The fourth-order valence-electron chi connectivity index (χ4n) is 3.10. The Balaban J connectivity index is 1.74. The Kier molecular flexibility index (Phi) is 3.19. The standard InChI is InChI=1S/C13H20N4O2S/c1-9-10(2)16-17-12(14-9)15-11-4-7-20(18,19)13(8-11)5-3-6-13/h11H,3-8H2,1-2H3,(H,14,15,17). The zero-order valence-corrected chi connectivity index (χ0v) is 12.7. The maximum Gasteiger partial charge on any atom is 0.243 e. The first-order valence-electron chi connectivity index (χ1n) is 7.09. The highest BCUT2D eigenvalue weighted by molar-refractivity contribution is 7.92. The summed E-state index contributed by atoms with van der Waals surface area (Å²) >= 11 is 0. The molecule has 6 nitrogen and oxygen atoms in total. The lowest BCUT2D eigenvalue weighted by atomic mass is 9.79. The van der Waals surface area contributed by atoms with Crippen molar-refractivity contribution in [1.82, 2.24) is 15.2 Å². The molecule has 1 aromatic heterocycles. The number of hydrogen-bond donors (Lipinski definition) is 1. The van der Waals surface area contributed by atoms with Gasteiger partial charge in [-0.1, -0.05) is 6.42 Å². The van der Waals surface area contributed by atoms with Gasteiger partial charge in [-0.25, -0.2) is 13.4 Å². The molecule has 1 unspecified atom stereocenters. The minimum absolute atomic E-state index is 0.128. The van der Waals surface area contributed by atoms with Crippen molar-refractivity contribution in [1.29, 1.82) is 0 Å². The van der Waals surface area contributed by atoms with Crippen molar-refractivity contribution < 1.29 is 8.42 Å². The van der Waals surface area contributed by atoms with E-state index in [2.05, 4.69) is 20.5 Å². The van der Waals surface area contributed by atoms with Crippen LogP contribution in [0, 0.1) is 13.8 Å². The second-order valence-electron chi connectivity index (χ2n) is 6.00.